The molecule has 5 unspecified atom stereocenters. The van der Waals surface area contributed by atoms with Crippen molar-refractivity contribution in [2.45, 2.75) is 30.5 Å². The Morgan fingerprint density at radius 3 is 1.82 bits per heavy atom. The van der Waals surface area contributed by atoms with Crippen molar-refractivity contribution in [2.75, 3.05) is 6.61 Å². The molecule has 0 bridgehead atoms. The molecule has 0 saturated carbocycles. The molecule has 0 aromatic heterocycles. The van der Waals surface area contributed by atoms with E-state index in [1.807, 2.05) is 0 Å². The van der Waals surface area contributed by atoms with Crippen LogP contribution in [0, 0.1) is 0 Å². The maximum absolute atomic E-state index is 13.4. The predicted molar refractivity (Wildman–Crippen MR) is 163 cm³/mol. The molecule has 262 valence electrons. The smallest absolute Gasteiger partial charge is 0.338 e. The lowest BCUT2D eigenvalue weighted by Gasteiger charge is -2.42. The Balaban J connectivity index is 1.55. The van der Waals surface area contributed by atoms with Gasteiger partial charge in [0.25, 0.3) is 0 Å². The Labute approximate surface area is 279 Å². The number of carbonyl (C=O) groups is 3. The summed E-state index contributed by atoms with van der Waals surface area (Å²) in [6.45, 7) is -0.799. The number of hydrogen-bond donors (Lipinski definition) is 11. The lowest BCUT2D eigenvalue weighted by Crippen LogP contribution is -2.57. The minimum Gasteiger partial charge on any atom is -0.508 e. The minimum absolute atomic E-state index is 0.0327. The predicted octanol–water partition coefficient (Wildman–Crippen LogP) is 1.51. The molecule has 0 radical (unpaired) electrons. The molecule has 4 aromatic rings. The van der Waals surface area contributed by atoms with Gasteiger partial charge in [0.2, 0.25) is 5.78 Å². The van der Waals surface area contributed by atoms with Crippen LogP contribution in [0.1, 0.15) is 48.3 Å². The minimum atomic E-state index is -2.17. The highest BCUT2D eigenvalue weighted by atomic mass is 16.6. The van der Waals surface area contributed by atoms with Crippen molar-refractivity contribution in [3.63, 3.8) is 0 Å². The Morgan fingerprint density at radius 1 is 0.600 bits per heavy atom. The molecule has 1 fully saturated rings. The number of benzene rings is 4. The molecule has 17 heteroatoms. The van der Waals surface area contributed by atoms with Crippen LogP contribution in [-0.4, -0.2) is 105 Å². The molecule has 1 heterocycles. The first-order chi connectivity index (χ1) is 23.6. The van der Waals surface area contributed by atoms with Crippen molar-refractivity contribution in [1.82, 2.24) is 0 Å². The maximum Gasteiger partial charge on any atom is 0.338 e. The zero-order valence-corrected chi connectivity index (χ0v) is 25.2. The number of ether oxygens (including phenoxy) is 3. The van der Waals surface area contributed by atoms with E-state index in [1.165, 1.54) is 24.3 Å². The number of aliphatic hydroxyl groups excluding tert-OH is 2. The average Bonchev–Trinajstić information content (AvgIpc) is 3.06. The molecule has 11 N–H and O–H groups in total. The number of phenolic OH excluding ortho intramolecular Hbond substituents is 9. The van der Waals surface area contributed by atoms with Gasteiger partial charge in [-0.2, -0.15) is 0 Å². The summed E-state index contributed by atoms with van der Waals surface area (Å²) in [5.74, 6) is -11.0. The first-order valence-electron chi connectivity index (χ1n) is 14.4. The second-order valence-corrected chi connectivity index (χ2v) is 11.0. The lowest BCUT2D eigenvalue weighted by atomic mass is 9.88. The van der Waals surface area contributed by atoms with Crippen molar-refractivity contribution in [3.05, 3.63) is 88.5 Å². The van der Waals surface area contributed by atoms with Gasteiger partial charge in [-0.25, -0.2) is 9.59 Å². The molecular weight excluding hydrogens is 668 g/mol. The lowest BCUT2D eigenvalue weighted by molar-refractivity contribution is -0.232. The van der Waals surface area contributed by atoms with E-state index in [1.54, 1.807) is 0 Å². The molecule has 5 rings (SSSR count). The maximum atomic E-state index is 13.4. The van der Waals surface area contributed by atoms with E-state index in [4.69, 9.17) is 14.2 Å². The van der Waals surface area contributed by atoms with Gasteiger partial charge in [0.05, 0.1) is 16.7 Å². The summed E-state index contributed by atoms with van der Waals surface area (Å²) in [5, 5.41) is 113. The van der Waals surface area contributed by atoms with Crippen molar-refractivity contribution in [3.8, 4) is 51.7 Å². The fourth-order valence-corrected chi connectivity index (χ4v) is 5.16. The normalized spacial score (nSPS) is 20.2. The summed E-state index contributed by atoms with van der Waals surface area (Å²) in [6.07, 6.45) is -10.00. The first kappa shape index (κ1) is 34.9. The number of phenols is 9. The topological polar surface area (TPSA) is 301 Å². The van der Waals surface area contributed by atoms with Gasteiger partial charge in [-0.3, -0.25) is 4.79 Å². The van der Waals surface area contributed by atoms with E-state index < -0.39 is 118 Å². The highest BCUT2D eigenvalue weighted by Crippen LogP contribution is 2.48. The quantitative estimate of drug-likeness (QED) is 0.0706. The third kappa shape index (κ3) is 6.63. The van der Waals surface area contributed by atoms with Crippen LogP contribution in [0.2, 0.25) is 0 Å². The molecule has 50 heavy (non-hydrogen) atoms. The third-order valence-corrected chi connectivity index (χ3v) is 7.76. The summed E-state index contributed by atoms with van der Waals surface area (Å²) in [4.78, 5) is 39.2. The van der Waals surface area contributed by atoms with Crippen LogP contribution in [0.3, 0.4) is 0 Å². The van der Waals surface area contributed by atoms with Crippen molar-refractivity contribution in [1.29, 1.82) is 0 Å². The van der Waals surface area contributed by atoms with E-state index in [0.717, 1.165) is 18.2 Å². The summed E-state index contributed by atoms with van der Waals surface area (Å²) in [5.41, 5.74) is -2.67. The Hall–Kier alpha value is -6.43. The van der Waals surface area contributed by atoms with Crippen LogP contribution >= 0.6 is 0 Å². The summed E-state index contributed by atoms with van der Waals surface area (Å²) in [7, 11) is 0. The number of ketones is 1. The molecule has 4 aromatic carbocycles. The summed E-state index contributed by atoms with van der Waals surface area (Å²) < 4.78 is 16.4. The molecule has 17 nitrogen and oxygen atoms in total. The van der Waals surface area contributed by atoms with Gasteiger partial charge in [-0.1, -0.05) is 0 Å². The highest BCUT2D eigenvalue weighted by Gasteiger charge is 2.50. The number of rotatable bonds is 8. The van der Waals surface area contributed by atoms with E-state index in [-0.39, 0.29) is 16.9 Å². The summed E-state index contributed by atoms with van der Waals surface area (Å²) >= 11 is 0. The Bertz CT molecular complexity index is 1950. The van der Waals surface area contributed by atoms with Gasteiger partial charge in [0.15, 0.2) is 34.9 Å². The number of aliphatic hydroxyl groups is 2. The fourth-order valence-electron chi connectivity index (χ4n) is 5.16. The zero-order valence-electron chi connectivity index (χ0n) is 25.2. The SMILES string of the molecule is O=C(OCC1OC(c2c(O)cc(O)c(C(=O)c3ccc(O)c(O)c3)c2O)C(OC(=O)c2cc(O)c(O)c(O)c2)C(O)C1O)c1ccc(O)cc1. The van der Waals surface area contributed by atoms with E-state index in [0.29, 0.717) is 18.2 Å². The number of aromatic hydroxyl groups is 9. The van der Waals surface area contributed by atoms with Crippen LogP contribution in [0.15, 0.2) is 60.7 Å². The molecule has 0 amide bonds. The highest BCUT2D eigenvalue weighted by molar-refractivity contribution is 6.13. The van der Waals surface area contributed by atoms with Crippen molar-refractivity contribution < 1.29 is 84.8 Å². The second-order valence-electron chi connectivity index (χ2n) is 11.0. The number of hydrogen-bond acceptors (Lipinski definition) is 17. The van der Waals surface area contributed by atoms with Crippen LogP contribution in [-0.2, 0) is 14.2 Å². The van der Waals surface area contributed by atoms with Gasteiger partial charge < -0.3 is 70.4 Å². The molecular formula is C33H28O17. The van der Waals surface area contributed by atoms with Crippen molar-refractivity contribution >= 4 is 17.7 Å². The van der Waals surface area contributed by atoms with E-state index in [9.17, 15) is 70.6 Å². The number of esters is 2. The Morgan fingerprint density at radius 2 is 1.20 bits per heavy atom. The van der Waals surface area contributed by atoms with Crippen LogP contribution in [0.4, 0.5) is 0 Å². The molecule has 1 aliphatic rings. The van der Waals surface area contributed by atoms with Gasteiger partial charge in [-0.05, 0) is 54.6 Å². The van der Waals surface area contributed by atoms with E-state index in [2.05, 4.69) is 0 Å². The molecule has 5 atom stereocenters. The fraction of sp³-hybridized carbons (Fsp3) is 0.182. The molecule has 0 spiro atoms. The van der Waals surface area contributed by atoms with Gasteiger partial charge in [-0.15, -0.1) is 0 Å². The van der Waals surface area contributed by atoms with Gasteiger partial charge in [0.1, 0.15) is 59.6 Å². The zero-order chi connectivity index (χ0) is 36.6. The van der Waals surface area contributed by atoms with Gasteiger partial charge >= 0.3 is 11.9 Å². The second kappa shape index (κ2) is 13.6. The van der Waals surface area contributed by atoms with Crippen LogP contribution < -0.4 is 0 Å². The molecule has 0 aliphatic carbocycles. The first-order valence-corrected chi connectivity index (χ1v) is 14.4. The summed E-state index contributed by atoms with van der Waals surface area (Å²) in [6, 6.07) is 9.59. The van der Waals surface area contributed by atoms with E-state index >= 15 is 0 Å². The van der Waals surface area contributed by atoms with Crippen LogP contribution in [0.25, 0.3) is 0 Å². The standard InChI is InChI=1S/C33H28O17/c34-15-4-1-12(2-5-15)32(46)48-11-22-27(43)29(45)31(50-33(47)14-8-20(39)26(42)21(40)9-14)30(49-22)24-19(38)10-18(37)23(28(24)44)25(41)13-3-6-16(35)17(36)7-13/h1-10,22,27,29-31,34-40,42-45H,11H2. The Kier molecular flexibility index (Phi) is 9.48. The van der Waals surface area contributed by atoms with Gasteiger partial charge in [0, 0.05) is 11.6 Å². The molecule has 1 aliphatic heterocycles. The number of carbonyl (C=O) groups excluding carboxylic acids is 3. The monoisotopic (exact) mass is 696 g/mol. The van der Waals surface area contributed by atoms with Crippen LogP contribution in [0.5, 0.6) is 51.7 Å². The van der Waals surface area contributed by atoms with Crippen molar-refractivity contribution in [2.24, 2.45) is 0 Å². The average molecular weight is 697 g/mol. The molecule has 1 saturated heterocycles. The third-order valence-electron chi connectivity index (χ3n) is 7.76. The largest absolute Gasteiger partial charge is 0.508 e.